The van der Waals surface area contributed by atoms with Crippen LogP contribution in [0.15, 0.2) is 10.5 Å². The SMILES string of the molecule is Cc1c(F)cc(Br)c2c1CCCC2=O. The maximum absolute atomic E-state index is 13.4. The van der Waals surface area contributed by atoms with Gasteiger partial charge in [-0.25, -0.2) is 4.39 Å². The van der Waals surface area contributed by atoms with Crippen molar-refractivity contribution in [2.45, 2.75) is 26.2 Å². The van der Waals surface area contributed by atoms with Crippen molar-refractivity contribution in [3.63, 3.8) is 0 Å². The normalized spacial score (nSPS) is 15.5. The third-order valence-corrected chi connectivity index (χ3v) is 3.34. The largest absolute Gasteiger partial charge is 0.294 e. The van der Waals surface area contributed by atoms with Gasteiger partial charge in [0.05, 0.1) is 0 Å². The number of carbonyl (C=O) groups excluding carboxylic acids is 1. The van der Waals surface area contributed by atoms with E-state index in [4.69, 9.17) is 0 Å². The van der Waals surface area contributed by atoms with Gasteiger partial charge in [0.2, 0.25) is 0 Å². The number of fused-ring (bicyclic) bond motifs is 1. The molecule has 0 heterocycles. The summed E-state index contributed by atoms with van der Waals surface area (Å²) in [4.78, 5) is 11.6. The standard InChI is InChI=1S/C11H10BrFO/c1-6-7-3-2-4-10(14)11(7)8(12)5-9(6)13/h5H,2-4H2,1H3. The highest BCUT2D eigenvalue weighted by molar-refractivity contribution is 9.10. The van der Waals surface area contributed by atoms with Crippen LogP contribution in [-0.4, -0.2) is 5.78 Å². The monoisotopic (exact) mass is 256 g/mol. The molecule has 1 nitrogen and oxygen atoms in total. The van der Waals surface area contributed by atoms with E-state index in [1.54, 1.807) is 6.92 Å². The predicted molar refractivity (Wildman–Crippen MR) is 56.1 cm³/mol. The lowest BCUT2D eigenvalue weighted by atomic mass is 9.87. The van der Waals surface area contributed by atoms with E-state index in [9.17, 15) is 9.18 Å². The van der Waals surface area contributed by atoms with E-state index >= 15 is 0 Å². The van der Waals surface area contributed by atoms with Crippen molar-refractivity contribution < 1.29 is 9.18 Å². The van der Waals surface area contributed by atoms with Gasteiger partial charge in [0.25, 0.3) is 0 Å². The van der Waals surface area contributed by atoms with Crippen LogP contribution in [0.2, 0.25) is 0 Å². The molecule has 0 aliphatic heterocycles. The lowest BCUT2D eigenvalue weighted by Gasteiger charge is -2.18. The van der Waals surface area contributed by atoms with Crippen LogP contribution >= 0.6 is 15.9 Å². The van der Waals surface area contributed by atoms with Gasteiger partial charge in [-0.05, 0) is 52.9 Å². The molecule has 14 heavy (non-hydrogen) atoms. The van der Waals surface area contributed by atoms with Crippen LogP contribution in [-0.2, 0) is 6.42 Å². The third-order valence-electron chi connectivity index (χ3n) is 2.71. The summed E-state index contributed by atoms with van der Waals surface area (Å²) < 4.78 is 14.0. The fourth-order valence-corrected chi connectivity index (χ4v) is 2.59. The van der Waals surface area contributed by atoms with E-state index in [0.29, 0.717) is 22.0 Å². The minimum Gasteiger partial charge on any atom is -0.294 e. The van der Waals surface area contributed by atoms with Gasteiger partial charge in [-0.3, -0.25) is 4.79 Å². The Morgan fingerprint density at radius 1 is 1.43 bits per heavy atom. The molecule has 0 radical (unpaired) electrons. The molecule has 0 saturated heterocycles. The maximum atomic E-state index is 13.4. The highest BCUT2D eigenvalue weighted by atomic mass is 79.9. The molecule has 1 aromatic carbocycles. The first kappa shape index (κ1) is 9.84. The summed E-state index contributed by atoms with van der Waals surface area (Å²) >= 11 is 3.25. The second kappa shape index (κ2) is 3.46. The summed E-state index contributed by atoms with van der Waals surface area (Å²) in [5, 5.41) is 0. The van der Waals surface area contributed by atoms with Gasteiger partial charge in [-0.1, -0.05) is 0 Å². The first-order chi connectivity index (χ1) is 6.61. The Morgan fingerprint density at radius 3 is 2.86 bits per heavy atom. The van der Waals surface area contributed by atoms with Crippen molar-refractivity contribution in [1.82, 2.24) is 0 Å². The number of benzene rings is 1. The molecule has 0 fully saturated rings. The van der Waals surface area contributed by atoms with Gasteiger partial charge < -0.3 is 0 Å². The summed E-state index contributed by atoms with van der Waals surface area (Å²) in [6.45, 7) is 1.74. The highest BCUT2D eigenvalue weighted by Gasteiger charge is 2.23. The molecule has 0 aromatic heterocycles. The summed E-state index contributed by atoms with van der Waals surface area (Å²) in [6.07, 6.45) is 2.22. The summed E-state index contributed by atoms with van der Waals surface area (Å²) in [6, 6.07) is 1.39. The summed E-state index contributed by atoms with van der Waals surface area (Å²) in [7, 11) is 0. The summed E-state index contributed by atoms with van der Waals surface area (Å²) in [5.74, 6) is -0.105. The molecule has 0 N–H and O–H groups in total. The predicted octanol–water partition coefficient (Wildman–Crippen LogP) is 3.42. The van der Waals surface area contributed by atoms with Gasteiger partial charge in [0, 0.05) is 16.5 Å². The van der Waals surface area contributed by atoms with Crippen LogP contribution in [0.3, 0.4) is 0 Å². The van der Waals surface area contributed by atoms with Crippen LogP contribution in [0, 0.1) is 12.7 Å². The Kier molecular flexibility index (Phi) is 2.43. The molecule has 3 heteroatoms. The molecular formula is C11H10BrFO. The first-order valence-electron chi connectivity index (χ1n) is 4.62. The second-order valence-corrected chi connectivity index (χ2v) is 4.45. The van der Waals surface area contributed by atoms with Crippen molar-refractivity contribution in [3.05, 3.63) is 33.0 Å². The van der Waals surface area contributed by atoms with E-state index in [1.165, 1.54) is 6.07 Å². The van der Waals surface area contributed by atoms with Crippen LogP contribution in [0.1, 0.15) is 34.3 Å². The lowest BCUT2D eigenvalue weighted by molar-refractivity contribution is 0.0971. The molecule has 74 valence electrons. The number of rotatable bonds is 0. The van der Waals surface area contributed by atoms with E-state index in [0.717, 1.165) is 18.4 Å². The smallest absolute Gasteiger partial charge is 0.164 e. The van der Waals surface area contributed by atoms with Gasteiger partial charge in [-0.15, -0.1) is 0 Å². The number of Topliss-reactive ketones (excluding diaryl/α,β-unsaturated/α-hetero) is 1. The van der Waals surface area contributed by atoms with Crippen molar-refractivity contribution in [3.8, 4) is 0 Å². The average molecular weight is 257 g/mol. The number of ketones is 1. The molecule has 1 aromatic rings. The Hall–Kier alpha value is -0.700. The molecule has 0 unspecified atom stereocenters. The Balaban J connectivity index is 2.72. The minimum absolute atomic E-state index is 0.126. The minimum atomic E-state index is -0.231. The van der Waals surface area contributed by atoms with E-state index in [1.807, 2.05) is 0 Å². The topological polar surface area (TPSA) is 17.1 Å². The van der Waals surface area contributed by atoms with Gasteiger partial charge in [-0.2, -0.15) is 0 Å². The molecule has 0 atom stereocenters. The third kappa shape index (κ3) is 1.40. The Bertz CT molecular complexity index is 412. The molecule has 1 aliphatic carbocycles. The number of hydrogen-bond donors (Lipinski definition) is 0. The van der Waals surface area contributed by atoms with E-state index in [2.05, 4.69) is 15.9 Å². The average Bonchev–Trinajstić information content (AvgIpc) is 2.14. The molecule has 1 aliphatic rings. The van der Waals surface area contributed by atoms with Crippen molar-refractivity contribution in [2.75, 3.05) is 0 Å². The first-order valence-corrected chi connectivity index (χ1v) is 5.41. The molecular weight excluding hydrogens is 247 g/mol. The maximum Gasteiger partial charge on any atom is 0.164 e. The fourth-order valence-electron chi connectivity index (χ4n) is 1.93. The van der Waals surface area contributed by atoms with Gasteiger partial charge in [0.1, 0.15) is 5.82 Å². The molecule has 0 saturated carbocycles. The van der Waals surface area contributed by atoms with Crippen LogP contribution < -0.4 is 0 Å². The van der Waals surface area contributed by atoms with E-state index < -0.39 is 0 Å². The van der Waals surface area contributed by atoms with Crippen LogP contribution in [0.4, 0.5) is 4.39 Å². The zero-order valence-corrected chi connectivity index (χ0v) is 9.45. The zero-order chi connectivity index (χ0) is 10.3. The van der Waals surface area contributed by atoms with Crippen LogP contribution in [0.5, 0.6) is 0 Å². The van der Waals surface area contributed by atoms with Crippen molar-refractivity contribution in [1.29, 1.82) is 0 Å². The molecule has 0 spiro atoms. The Morgan fingerprint density at radius 2 is 2.14 bits per heavy atom. The number of carbonyl (C=O) groups is 1. The van der Waals surface area contributed by atoms with Crippen molar-refractivity contribution in [2.24, 2.45) is 0 Å². The van der Waals surface area contributed by atoms with Gasteiger partial charge >= 0.3 is 0 Å². The summed E-state index contributed by atoms with van der Waals surface area (Å²) in [5.41, 5.74) is 2.19. The van der Waals surface area contributed by atoms with E-state index in [-0.39, 0.29) is 11.6 Å². The highest BCUT2D eigenvalue weighted by Crippen LogP contribution is 2.32. The fraction of sp³-hybridized carbons (Fsp3) is 0.364. The number of hydrogen-bond acceptors (Lipinski definition) is 1. The number of halogens is 2. The zero-order valence-electron chi connectivity index (χ0n) is 7.86. The van der Waals surface area contributed by atoms with Crippen molar-refractivity contribution >= 4 is 21.7 Å². The lowest BCUT2D eigenvalue weighted by Crippen LogP contribution is -2.14. The van der Waals surface area contributed by atoms with Gasteiger partial charge in [0.15, 0.2) is 5.78 Å². The molecule has 0 amide bonds. The molecule has 2 rings (SSSR count). The Labute approximate surface area is 90.4 Å². The quantitative estimate of drug-likeness (QED) is 0.696. The van der Waals surface area contributed by atoms with Crippen LogP contribution in [0.25, 0.3) is 0 Å². The molecule has 0 bridgehead atoms. The second-order valence-electron chi connectivity index (χ2n) is 3.60.